The number of aromatic nitrogens is 1. The molecule has 10 rings (SSSR count). The summed E-state index contributed by atoms with van der Waals surface area (Å²) in [5.74, 6) is -1.95. The number of methoxy groups -OCH3 is 3. The molecule has 10 unspecified atom stereocenters. The molecule has 16 nitrogen and oxygen atoms in total. The van der Waals surface area contributed by atoms with Crippen LogP contribution in [0.15, 0.2) is 60.7 Å². The van der Waals surface area contributed by atoms with Gasteiger partial charge in [0.15, 0.2) is 6.10 Å². The van der Waals surface area contributed by atoms with Crippen molar-refractivity contribution in [1.82, 2.24) is 19.7 Å². The number of imide groups is 1. The van der Waals surface area contributed by atoms with E-state index in [1.807, 2.05) is 50.1 Å². The van der Waals surface area contributed by atoms with Gasteiger partial charge in [-0.05, 0) is 87.1 Å². The molecule has 2 bridgehead atoms. The highest BCUT2D eigenvalue weighted by Gasteiger charge is 2.80. The fraction of sp³-hybridized carbons (Fsp3) is 0.617. The topological polar surface area (TPSA) is 191 Å². The first-order chi connectivity index (χ1) is 36.6. The summed E-state index contributed by atoms with van der Waals surface area (Å²) in [6.07, 6.45) is 16.9. The van der Waals surface area contributed by atoms with Crippen LogP contribution < -0.4 is 9.64 Å². The van der Waals surface area contributed by atoms with Crippen molar-refractivity contribution in [3.05, 3.63) is 83.1 Å². The standard InChI is InChI=1S/C60H79N5O11/c1-7-56(71)35-39-36-59(54(69)74-5,50-41(26-31-63(37-39)38-56)40-21-17-18-22-44(40)61-50)43-33-42-45(34-46(43)73-4)62(3)52-58(42)28-32-64-29-20-27-57(8-2,51(58)64)53(60(52,72)55(70)75-6)76-49(68)23-16-14-12-10-9-11-13-15-19-30-65-47(66)24-25-48(65)67/h17-18,20-22,24-25,27,33-34,39,51-53,61,71-72H,7-16,19,23,26,28-32,35-38H2,1-6H3. The van der Waals surface area contributed by atoms with E-state index in [1.54, 1.807) is 7.11 Å². The molecule has 7 heterocycles. The highest BCUT2D eigenvalue weighted by molar-refractivity contribution is 6.12. The van der Waals surface area contributed by atoms with E-state index >= 15 is 4.79 Å². The summed E-state index contributed by atoms with van der Waals surface area (Å²) >= 11 is 0. The molecule has 10 atom stereocenters. The number of nitrogens with zero attached hydrogens (tertiary/aromatic N) is 4. The van der Waals surface area contributed by atoms with E-state index in [1.165, 1.54) is 31.3 Å². The van der Waals surface area contributed by atoms with Gasteiger partial charge in [0, 0.05) is 109 Å². The molecule has 1 aliphatic carbocycles. The molecule has 3 fully saturated rings. The number of para-hydroxylation sites is 1. The van der Waals surface area contributed by atoms with Crippen molar-refractivity contribution < 1.29 is 53.1 Å². The van der Waals surface area contributed by atoms with Crippen LogP contribution in [0.4, 0.5) is 5.69 Å². The fourth-order valence-electron chi connectivity index (χ4n) is 16.0. The maximum absolute atomic E-state index is 15.5. The minimum Gasteiger partial charge on any atom is -0.496 e. The quantitative estimate of drug-likeness (QED) is 0.0374. The van der Waals surface area contributed by atoms with Gasteiger partial charge in [-0.3, -0.25) is 33.9 Å². The maximum atomic E-state index is 15.5. The molecular formula is C60H79N5O11. The number of benzene rings is 2. The van der Waals surface area contributed by atoms with Gasteiger partial charge in [-0.1, -0.05) is 89.1 Å². The molecule has 3 N–H and O–H groups in total. The molecule has 2 amide bonds. The second-order valence-corrected chi connectivity index (χ2v) is 23.2. The summed E-state index contributed by atoms with van der Waals surface area (Å²) in [5.41, 5.74) is -1.89. The zero-order chi connectivity index (χ0) is 53.8. The van der Waals surface area contributed by atoms with Crippen LogP contribution in [0.1, 0.15) is 133 Å². The molecule has 0 radical (unpaired) electrons. The zero-order valence-corrected chi connectivity index (χ0v) is 45.5. The molecule has 1 saturated carbocycles. The minimum absolute atomic E-state index is 0.122. The Labute approximate surface area is 447 Å². The van der Waals surface area contributed by atoms with E-state index in [-0.39, 0.29) is 30.2 Å². The second-order valence-electron chi connectivity index (χ2n) is 23.2. The van der Waals surface area contributed by atoms with E-state index in [4.69, 9.17) is 18.9 Å². The number of fused-ring (bicyclic) bond motifs is 6. The third-order valence-electron chi connectivity index (χ3n) is 19.2. The maximum Gasteiger partial charge on any atom is 0.344 e. The molecule has 76 heavy (non-hydrogen) atoms. The van der Waals surface area contributed by atoms with Crippen LogP contribution in [0, 0.1) is 11.3 Å². The molecule has 7 aliphatic rings. The number of aromatic amines is 1. The van der Waals surface area contributed by atoms with E-state index in [0.717, 1.165) is 84.8 Å². The van der Waals surface area contributed by atoms with Gasteiger partial charge in [0.2, 0.25) is 5.60 Å². The van der Waals surface area contributed by atoms with Crippen LogP contribution in [0.3, 0.4) is 0 Å². The number of hydrogen-bond donors (Lipinski definition) is 3. The molecule has 2 aromatic carbocycles. The Morgan fingerprint density at radius 1 is 0.816 bits per heavy atom. The van der Waals surface area contributed by atoms with Gasteiger partial charge in [-0.2, -0.15) is 0 Å². The highest BCUT2D eigenvalue weighted by Crippen LogP contribution is 2.68. The number of carbonyl (C=O) groups excluding carboxylic acids is 5. The first-order valence-corrected chi connectivity index (χ1v) is 28.1. The van der Waals surface area contributed by atoms with E-state index in [0.29, 0.717) is 95.5 Å². The van der Waals surface area contributed by atoms with E-state index in [2.05, 4.69) is 39.1 Å². The van der Waals surface area contributed by atoms with Gasteiger partial charge < -0.3 is 39.0 Å². The van der Waals surface area contributed by atoms with Gasteiger partial charge >= 0.3 is 17.9 Å². The largest absolute Gasteiger partial charge is 0.496 e. The summed E-state index contributed by atoms with van der Waals surface area (Å²) in [7, 11) is 6.20. The van der Waals surface area contributed by atoms with Crippen LogP contribution in [0.2, 0.25) is 0 Å². The number of carbonyl (C=O) groups is 5. The van der Waals surface area contributed by atoms with Crippen molar-refractivity contribution in [3.8, 4) is 5.75 Å². The van der Waals surface area contributed by atoms with Crippen LogP contribution in [-0.4, -0.2) is 157 Å². The Morgan fingerprint density at radius 3 is 2.20 bits per heavy atom. The normalized spacial score (nSPS) is 32.3. The summed E-state index contributed by atoms with van der Waals surface area (Å²) in [6, 6.07) is 10.9. The van der Waals surface area contributed by atoms with Crippen molar-refractivity contribution in [1.29, 1.82) is 0 Å². The average Bonchev–Trinajstić information content (AvgIpc) is 3.77. The summed E-state index contributed by atoms with van der Waals surface area (Å²) in [4.78, 5) is 80.2. The Bertz CT molecular complexity index is 2790. The zero-order valence-electron chi connectivity index (χ0n) is 45.5. The second kappa shape index (κ2) is 21.0. The van der Waals surface area contributed by atoms with E-state index in [9.17, 15) is 29.4 Å². The SMILES string of the molecule is CCC1(O)CC2CN(CCc3c([nH]c4ccccc34)C(C(=O)OC)(c3cc4c(cc3OC)N(C)C3C(O)(C(=O)OC)C(OC(=O)CCCCCCCCCCCN5C(=O)C=CC5=O)C5(CC)C=CCN6CCC43C65)C2)C1. The Morgan fingerprint density at radius 2 is 1.51 bits per heavy atom. The number of likely N-dealkylation sites (N-methyl/N-ethyl adjacent to an activating group) is 1. The van der Waals surface area contributed by atoms with Gasteiger partial charge in [-0.15, -0.1) is 0 Å². The highest BCUT2D eigenvalue weighted by atomic mass is 16.6. The molecule has 410 valence electrons. The number of rotatable bonds is 19. The number of hydrogen-bond acceptors (Lipinski definition) is 14. The fourth-order valence-corrected chi connectivity index (χ4v) is 16.0. The van der Waals surface area contributed by atoms with Crippen molar-refractivity contribution >= 4 is 46.3 Å². The van der Waals surface area contributed by atoms with Crippen LogP contribution in [-0.2, 0) is 55.4 Å². The predicted molar refractivity (Wildman–Crippen MR) is 287 cm³/mol. The first kappa shape index (κ1) is 53.8. The summed E-state index contributed by atoms with van der Waals surface area (Å²) < 4.78 is 24.7. The first-order valence-electron chi connectivity index (χ1n) is 28.1. The lowest BCUT2D eigenvalue weighted by atomic mass is 9.47. The third kappa shape index (κ3) is 8.50. The van der Waals surface area contributed by atoms with Crippen molar-refractivity contribution in [2.75, 3.05) is 72.5 Å². The Hall–Kier alpha value is -5.55. The number of nitrogens with one attached hydrogen (secondary N) is 1. The average molecular weight is 1050 g/mol. The lowest BCUT2D eigenvalue weighted by Gasteiger charge is -2.63. The van der Waals surface area contributed by atoms with Crippen molar-refractivity contribution in [2.24, 2.45) is 11.3 Å². The van der Waals surface area contributed by atoms with Gasteiger partial charge in [0.1, 0.15) is 11.2 Å². The Balaban J connectivity index is 0.985. The van der Waals surface area contributed by atoms with Crippen LogP contribution in [0.5, 0.6) is 5.75 Å². The van der Waals surface area contributed by atoms with Crippen molar-refractivity contribution in [2.45, 2.75) is 157 Å². The number of amides is 2. The molecule has 16 heteroatoms. The Kier molecular flexibility index (Phi) is 14.9. The molecular weight excluding hydrogens is 967 g/mol. The molecule has 1 aromatic heterocycles. The molecule has 6 aliphatic heterocycles. The number of esters is 3. The minimum atomic E-state index is -2.36. The number of aliphatic hydroxyl groups is 2. The van der Waals surface area contributed by atoms with Gasteiger partial charge in [0.25, 0.3) is 11.8 Å². The van der Waals surface area contributed by atoms with Crippen molar-refractivity contribution in [3.63, 3.8) is 0 Å². The summed E-state index contributed by atoms with van der Waals surface area (Å²) in [5, 5.41) is 26.9. The van der Waals surface area contributed by atoms with Gasteiger partial charge in [0.05, 0.1) is 33.0 Å². The number of ether oxygens (including phenoxy) is 4. The smallest absolute Gasteiger partial charge is 0.344 e. The molecule has 2 saturated heterocycles. The van der Waals surface area contributed by atoms with Crippen LogP contribution >= 0.6 is 0 Å². The molecule has 3 aromatic rings. The number of piperidine rings is 1. The lowest BCUT2D eigenvalue weighted by Crippen LogP contribution is -2.81. The third-order valence-corrected chi connectivity index (χ3v) is 19.2. The number of anilines is 1. The van der Waals surface area contributed by atoms with Gasteiger partial charge in [-0.25, -0.2) is 4.79 Å². The van der Waals surface area contributed by atoms with Crippen LogP contribution in [0.25, 0.3) is 10.9 Å². The molecule has 1 spiro atoms. The predicted octanol–water partition coefficient (Wildman–Crippen LogP) is 6.80. The number of H-pyrrole nitrogens is 1. The number of unbranched alkanes of at least 4 members (excludes halogenated alkanes) is 8. The summed E-state index contributed by atoms with van der Waals surface area (Å²) in [6.45, 7) is 7.71. The monoisotopic (exact) mass is 1050 g/mol. The lowest BCUT2D eigenvalue weighted by molar-refractivity contribution is -0.229. The van der Waals surface area contributed by atoms with E-state index < -0.39 is 57.5 Å².